The molecule has 2 N–H and O–H groups in total. The third kappa shape index (κ3) is 7.96. The smallest absolute Gasteiger partial charge is 0.160 e. The molecule has 21 heavy (non-hydrogen) atoms. The van der Waals surface area contributed by atoms with Crippen LogP contribution < -0.4 is 10.1 Å². The van der Waals surface area contributed by atoms with Crippen molar-refractivity contribution in [1.82, 2.24) is 5.32 Å². The van der Waals surface area contributed by atoms with Crippen molar-refractivity contribution in [1.29, 1.82) is 0 Å². The van der Waals surface area contributed by atoms with Gasteiger partial charge in [0, 0.05) is 6.54 Å². The van der Waals surface area contributed by atoms with Crippen LogP contribution in [-0.2, 0) is 6.54 Å². The van der Waals surface area contributed by atoms with E-state index in [1.807, 2.05) is 12.1 Å². The van der Waals surface area contributed by atoms with Crippen molar-refractivity contribution in [3.63, 3.8) is 0 Å². The van der Waals surface area contributed by atoms with Crippen LogP contribution in [-0.4, -0.2) is 18.8 Å². The summed E-state index contributed by atoms with van der Waals surface area (Å²) in [5.74, 6) is 0.741. The van der Waals surface area contributed by atoms with Crippen LogP contribution in [0.2, 0.25) is 0 Å². The molecule has 0 fully saturated rings. The van der Waals surface area contributed by atoms with Crippen LogP contribution >= 0.6 is 0 Å². The van der Waals surface area contributed by atoms with Crippen molar-refractivity contribution in [3.05, 3.63) is 23.8 Å². The highest BCUT2D eigenvalue weighted by atomic mass is 16.5. The predicted octanol–water partition coefficient (Wildman–Crippen LogP) is 4.63. The van der Waals surface area contributed by atoms with Crippen LogP contribution in [0, 0.1) is 0 Å². The topological polar surface area (TPSA) is 41.5 Å². The Morgan fingerprint density at radius 1 is 1.00 bits per heavy atom. The number of methoxy groups -OCH3 is 1. The van der Waals surface area contributed by atoms with E-state index < -0.39 is 0 Å². The fraction of sp³-hybridized carbons (Fsp3) is 0.667. The highest BCUT2D eigenvalue weighted by Gasteiger charge is 2.02. The molecule has 3 heteroatoms. The zero-order chi connectivity index (χ0) is 15.3. The minimum Gasteiger partial charge on any atom is -0.504 e. The molecular formula is C18H31NO2. The van der Waals surface area contributed by atoms with Gasteiger partial charge in [-0.2, -0.15) is 0 Å². The second-order valence-corrected chi connectivity index (χ2v) is 5.66. The number of benzene rings is 1. The van der Waals surface area contributed by atoms with Gasteiger partial charge in [0.2, 0.25) is 0 Å². The molecule has 0 bridgehead atoms. The number of phenolic OH excluding ortho intramolecular Hbond substituents is 1. The second-order valence-electron chi connectivity index (χ2n) is 5.66. The summed E-state index contributed by atoms with van der Waals surface area (Å²) in [6, 6.07) is 5.50. The van der Waals surface area contributed by atoms with Gasteiger partial charge in [0.25, 0.3) is 0 Å². The van der Waals surface area contributed by atoms with Crippen molar-refractivity contribution in [2.24, 2.45) is 0 Å². The fourth-order valence-corrected chi connectivity index (χ4v) is 2.45. The maximum absolute atomic E-state index is 9.54. The van der Waals surface area contributed by atoms with Gasteiger partial charge in [-0.3, -0.25) is 0 Å². The van der Waals surface area contributed by atoms with E-state index in [-0.39, 0.29) is 5.75 Å². The van der Waals surface area contributed by atoms with Crippen molar-refractivity contribution >= 4 is 0 Å². The molecule has 0 unspecified atom stereocenters. The first kappa shape index (κ1) is 17.8. The van der Waals surface area contributed by atoms with Gasteiger partial charge in [-0.1, -0.05) is 57.9 Å². The highest BCUT2D eigenvalue weighted by molar-refractivity contribution is 5.41. The van der Waals surface area contributed by atoms with Crippen LogP contribution in [0.15, 0.2) is 18.2 Å². The van der Waals surface area contributed by atoms with Gasteiger partial charge >= 0.3 is 0 Å². The summed E-state index contributed by atoms with van der Waals surface area (Å²) in [7, 11) is 1.58. The molecule has 0 aromatic heterocycles. The Balaban J connectivity index is 2.01. The van der Waals surface area contributed by atoms with Gasteiger partial charge in [0.05, 0.1) is 7.11 Å². The van der Waals surface area contributed by atoms with Crippen molar-refractivity contribution in [2.45, 2.75) is 64.8 Å². The van der Waals surface area contributed by atoms with Crippen LogP contribution in [0.5, 0.6) is 11.5 Å². The first-order valence-corrected chi connectivity index (χ1v) is 8.34. The Kier molecular flexibility index (Phi) is 9.71. The summed E-state index contributed by atoms with van der Waals surface area (Å²) in [6.45, 7) is 4.14. The molecule has 0 atom stereocenters. The first-order chi connectivity index (χ1) is 10.3. The van der Waals surface area contributed by atoms with Gasteiger partial charge < -0.3 is 15.2 Å². The maximum Gasteiger partial charge on any atom is 0.160 e. The largest absolute Gasteiger partial charge is 0.504 e. The molecule has 0 saturated heterocycles. The summed E-state index contributed by atoms with van der Waals surface area (Å²) < 4.78 is 5.11. The van der Waals surface area contributed by atoms with E-state index in [0.717, 1.165) is 18.7 Å². The van der Waals surface area contributed by atoms with E-state index in [9.17, 15) is 5.11 Å². The number of aromatic hydroxyl groups is 1. The van der Waals surface area contributed by atoms with Gasteiger partial charge in [-0.15, -0.1) is 0 Å². The number of ether oxygens (including phenoxy) is 1. The summed E-state index contributed by atoms with van der Waals surface area (Å²) in [5, 5.41) is 13.0. The summed E-state index contributed by atoms with van der Waals surface area (Å²) in [5.41, 5.74) is 1.14. The normalized spacial score (nSPS) is 10.8. The van der Waals surface area contributed by atoms with Crippen molar-refractivity contribution in [3.8, 4) is 11.5 Å². The summed E-state index contributed by atoms with van der Waals surface area (Å²) in [6.07, 6.45) is 10.8. The Morgan fingerprint density at radius 2 is 1.67 bits per heavy atom. The van der Waals surface area contributed by atoms with E-state index in [4.69, 9.17) is 4.74 Å². The highest BCUT2D eigenvalue weighted by Crippen LogP contribution is 2.26. The molecule has 0 heterocycles. The van der Waals surface area contributed by atoms with Gasteiger partial charge in [-0.05, 0) is 30.7 Å². The number of nitrogens with one attached hydrogen (secondary N) is 1. The lowest BCUT2D eigenvalue weighted by Crippen LogP contribution is -2.14. The molecule has 0 radical (unpaired) electrons. The number of hydrogen-bond donors (Lipinski definition) is 2. The molecule has 3 nitrogen and oxygen atoms in total. The quantitative estimate of drug-likeness (QED) is 0.552. The minimum absolute atomic E-state index is 0.198. The Labute approximate surface area is 129 Å². The molecular weight excluding hydrogens is 262 g/mol. The van der Waals surface area contributed by atoms with E-state index in [1.165, 1.54) is 51.4 Å². The molecule has 120 valence electrons. The monoisotopic (exact) mass is 293 g/mol. The Hall–Kier alpha value is -1.22. The van der Waals surface area contributed by atoms with Crippen LogP contribution in [0.25, 0.3) is 0 Å². The van der Waals surface area contributed by atoms with E-state index in [0.29, 0.717) is 5.75 Å². The fourth-order valence-electron chi connectivity index (χ4n) is 2.45. The molecule has 0 saturated carbocycles. The summed E-state index contributed by atoms with van der Waals surface area (Å²) >= 11 is 0. The molecule has 1 aromatic carbocycles. The zero-order valence-corrected chi connectivity index (χ0v) is 13.7. The van der Waals surface area contributed by atoms with E-state index in [2.05, 4.69) is 12.2 Å². The van der Waals surface area contributed by atoms with Crippen molar-refractivity contribution in [2.75, 3.05) is 13.7 Å². The molecule has 0 aliphatic rings. The molecule has 1 aromatic rings. The van der Waals surface area contributed by atoms with E-state index in [1.54, 1.807) is 13.2 Å². The molecule has 1 rings (SSSR count). The maximum atomic E-state index is 9.54. The van der Waals surface area contributed by atoms with Gasteiger partial charge in [0.15, 0.2) is 11.5 Å². The zero-order valence-electron chi connectivity index (χ0n) is 13.7. The number of hydrogen-bond acceptors (Lipinski definition) is 3. The van der Waals surface area contributed by atoms with Crippen molar-refractivity contribution < 1.29 is 9.84 Å². The number of unbranched alkanes of at least 4 members (excludes halogenated alkanes) is 7. The average Bonchev–Trinajstić information content (AvgIpc) is 2.50. The third-order valence-corrected chi connectivity index (χ3v) is 3.78. The van der Waals surface area contributed by atoms with Gasteiger partial charge in [0.1, 0.15) is 0 Å². The van der Waals surface area contributed by atoms with E-state index >= 15 is 0 Å². The lowest BCUT2D eigenvalue weighted by atomic mass is 10.1. The molecule has 0 aliphatic carbocycles. The molecule has 0 spiro atoms. The standard InChI is InChI=1S/C18H31NO2/c1-3-4-5-6-7-8-9-10-13-19-15-16-11-12-17(20)18(14-16)21-2/h11-12,14,19-20H,3-10,13,15H2,1-2H3. The number of rotatable bonds is 12. The third-order valence-electron chi connectivity index (χ3n) is 3.78. The average molecular weight is 293 g/mol. The van der Waals surface area contributed by atoms with Gasteiger partial charge in [-0.25, -0.2) is 0 Å². The SMILES string of the molecule is CCCCCCCCCCNCc1ccc(O)c(OC)c1. The summed E-state index contributed by atoms with van der Waals surface area (Å²) in [4.78, 5) is 0. The van der Waals surface area contributed by atoms with Crippen LogP contribution in [0.4, 0.5) is 0 Å². The van der Waals surface area contributed by atoms with Crippen LogP contribution in [0.3, 0.4) is 0 Å². The lowest BCUT2D eigenvalue weighted by molar-refractivity contribution is 0.372. The second kappa shape index (κ2) is 11.4. The Bertz CT molecular complexity index is 379. The Morgan fingerprint density at radius 3 is 2.33 bits per heavy atom. The minimum atomic E-state index is 0.198. The molecule has 0 aliphatic heterocycles. The molecule has 0 amide bonds. The van der Waals surface area contributed by atoms with Crippen LogP contribution in [0.1, 0.15) is 63.9 Å². The predicted molar refractivity (Wildman–Crippen MR) is 89.0 cm³/mol. The lowest BCUT2D eigenvalue weighted by Gasteiger charge is -2.08. The number of phenols is 1. The first-order valence-electron chi connectivity index (χ1n) is 8.34.